The zero-order valence-electron chi connectivity index (χ0n) is 34.2. The molecule has 1 aliphatic rings. The summed E-state index contributed by atoms with van der Waals surface area (Å²) in [7, 11) is 0. The van der Waals surface area contributed by atoms with Crippen molar-refractivity contribution < 1.29 is 71.3 Å². The molecule has 0 aromatic heterocycles. The normalized spacial score (nSPS) is 13.0. The van der Waals surface area contributed by atoms with Crippen molar-refractivity contribution >= 4 is 29.9 Å². The van der Waals surface area contributed by atoms with Crippen LogP contribution in [-0.2, 0) is 61.8 Å². The number of ether oxygens (including phenoxy) is 10. The van der Waals surface area contributed by atoms with Gasteiger partial charge in [0.25, 0.3) is 11.8 Å². The van der Waals surface area contributed by atoms with Crippen LogP contribution in [-0.4, -0.2) is 189 Å². The lowest BCUT2D eigenvalue weighted by molar-refractivity contribution is -0.138. The van der Waals surface area contributed by atoms with Crippen molar-refractivity contribution in [2.24, 2.45) is 0 Å². The van der Waals surface area contributed by atoms with Crippen LogP contribution in [0.5, 0.6) is 0 Å². The molecule has 56 heavy (non-hydrogen) atoms. The van der Waals surface area contributed by atoms with Gasteiger partial charge in [-0.3, -0.25) is 19.3 Å². The van der Waals surface area contributed by atoms with Crippen LogP contribution in [0.4, 0.5) is 9.59 Å². The van der Waals surface area contributed by atoms with Crippen molar-refractivity contribution in [2.45, 2.75) is 59.2 Å². The first-order valence-electron chi connectivity index (χ1n) is 19.0. The molecule has 0 saturated carbocycles. The maximum atomic E-state index is 13.0. The minimum Gasteiger partial charge on any atom is -0.444 e. The molecule has 0 fully saturated rings. The average Bonchev–Trinajstić information content (AvgIpc) is 3.43. The molecule has 0 saturated heterocycles. The van der Waals surface area contributed by atoms with E-state index in [-0.39, 0.29) is 45.2 Å². The molecule has 2 N–H and O–H groups in total. The second-order valence-electron chi connectivity index (χ2n) is 14.0. The maximum Gasteiger partial charge on any atom is 0.407 e. The minimum atomic E-state index is -0.548. The largest absolute Gasteiger partial charge is 0.444 e. The Kier molecular flexibility index (Phi) is 27.7. The van der Waals surface area contributed by atoms with Gasteiger partial charge in [-0.05, 0) is 41.5 Å². The van der Waals surface area contributed by atoms with E-state index < -0.39 is 35.2 Å². The summed E-state index contributed by atoms with van der Waals surface area (Å²) in [4.78, 5) is 62.5. The Hall–Kier alpha value is -3.43. The van der Waals surface area contributed by atoms with Gasteiger partial charge in [-0.25, -0.2) is 9.59 Å². The van der Waals surface area contributed by atoms with E-state index in [1.54, 1.807) is 46.4 Å². The molecule has 0 aliphatic carbocycles. The predicted molar refractivity (Wildman–Crippen MR) is 202 cm³/mol. The van der Waals surface area contributed by atoms with Crippen molar-refractivity contribution in [3.63, 3.8) is 0 Å². The molecule has 5 amide bonds. The van der Waals surface area contributed by atoms with Gasteiger partial charge in [0.05, 0.1) is 106 Å². The number of amides is 5. The smallest absolute Gasteiger partial charge is 0.407 e. The summed E-state index contributed by atoms with van der Waals surface area (Å²) in [6, 6.07) is 0. The molecule has 0 atom stereocenters. The van der Waals surface area contributed by atoms with Crippen LogP contribution in [0.3, 0.4) is 0 Å². The van der Waals surface area contributed by atoms with Crippen molar-refractivity contribution in [3.8, 4) is 0 Å². The van der Waals surface area contributed by atoms with E-state index in [1.165, 1.54) is 12.2 Å². The van der Waals surface area contributed by atoms with E-state index in [2.05, 4.69) is 10.6 Å². The zero-order valence-corrected chi connectivity index (χ0v) is 34.2. The lowest BCUT2D eigenvalue weighted by atomic mass is 10.2. The minimum absolute atomic E-state index is 0.0115. The Morgan fingerprint density at radius 2 is 0.821 bits per heavy atom. The number of carbonyl (C=O) groups is 5. The highest BCUT2D eigenvalue weighted by Gasteiger charge is 2.25. The van der Waals surface area contributed by atoms with E-state index >= 15 is 0 Å². The molecule has 19 nitrogen and oxygen atoms in total. The fourth-order valence-corrected chi connectivity index (χ4v) is 4.33. The molecule has 0 bridgehead atoms. The molecular weight excluding hydrogens is 740 g/mol. The van der Waals surface area contributed by atoms with Gasteiger partial charge in [0.1, 0.15) is 11.2 Å². The Balaban J connectivity index is 2.13. The van der Waals surface area contributed by atoms with Crippen LogP contribution < -0.4 is 10.6 Å². The van der Waals surface area contributed by atoms with E-state index in [0.717, 1.165) is 4.90 Å². The fourth-order valence-electron chi connectivity index (χ4n) is 4.33. The number of nitrogens with zero attached hydrogens (tertiary/aromatic N) is 2. The Morgan fingerprint density at radius 3 is 1.14 bits per heavy atom. The Labute approximate surface area is 331 Å². The van der Waals surface area contributed by atoms with Gasteiger partial charge in [-0.1, -0.05) is 0 Å². The van der Waals surface area contributed by atoms with Crippen LogP contribution in [0.25, 0.3) is 0 Å². The number of nitrogens with one attached hydrogen (secondary N) is 2. The van der Waals surface area contributed by atoms with Gasteiger partial charge >= 0.3 is 12.2 Å². The van der Waals surface area contributed by atoms with E-state index in [4.69, 9.17) is 47.4 Å². The average molecular weight is 807 g/mol. The van der Waals surface area contributed by atoms with Gasteiger partial charge in [0.15, 0.2) is 0 Å². The quantitative estimate of drug-likeness (QED) is 0.0708. The molecule has 0 aromatic carbocycles. The summed E-state index contributed by atoms with van der Waals surface area (Å²) in [5, 5.41) is 5.23. The van der Waals surface area contributed by atoms with Gasteiger partial charge in [-0.15, -0.1) is 0 Å². The second kappa shape index (κ2) is 30.7. The van der Waals surface area contributed by atoms with Crippen molar-refractivity contribution in [1.29, 1.82) is 0 Å². The summed E-state index contributed by atoms with van der Waals surface area (Å²) in [6.45, 7) is 17.5. The number of rotatable bonds is 33. The van der Waals surface area contributed by atoms with E-state index in [0.29, 0.717) is 106 Å². The molecule has 1 rings (SSSR count). The number of imide groups is 1. The molecule has 19 heteroatoms. The van der Waals surface area contributed by atoms with E-state index in [9.17, 15) is 24.0 Å². The lowest BCUT2D eigenvalue weighted by Crippen LogP contribution is -2.40. The van der Waals surface area contributed by atoms with Gasteiger partial charge in [-0.2, -0.15) is 0 Å². The fraction of sp³-hybridized carbons (Fsp3) is 0.811. The topological polar surface area (TPSA) is 208 Å². The third-order valence-electron chi connectivity index (χ3n) is 6.87. The van der Waals surface area contributed by atoms with E-state index in [1.807, 2.05) is 0 Å². The first-order valence-corrected chi connectivity index (χ1v) is 19.0. The number of carbonyl (C=O) groups excluding carboxylic acids is 5. The van der Waals surface area contributed by atoms with Crippen molar-refractivity contribution in [2.75, 3.05) is 138 Å². The highest BCUT2D eigenvalue weighted by atomic mass is 16.6. The summed E-state index contributed by atoms with van der Waals surface area (Å²) in [6.07, 6.45) is 1.38. The van der Waals surface area contributed by atoms with Gasteiger partial charge in [0, 0.05) is 51.3 Å². The summed E-state index contributed by atoms with van der Waals surface area (Å²) >= 11 is 0. The third-order valence-corrected chi connectivity index (χ3v) is 6.87. The van der Waals surface area contributed by atoms with Crippen LogP contribution in [0.2, 0.25) is 0 Å². The number of hydrogen-bond donors (Lipinski definition) is 2. The SMILES string of the molecule is CC(C)(C)OC(=O)NCCOCCOCCOCCOCCN(CCOCCOCCOCCOCCNC(=O)OC(C)(C)C)C(=O)CCN1C(=O)C=CC1=O. The van der Waals surface area contributed by atoms with Crippen LogP contribution in [0.1, 0.15) is 48.0 Å². The highest BCUT2D eigenvalue weighted by Crippen LogP contribution is 2.08. The first-order chi connectivity index (χ1) is 26.7. The first kappa shape index (κ1) is 50.6. The van der Waals surface area contributed by atoms with Gasteiger partial charge in [0.2, 0.25) is 5.91 Å². The molecule has 0 radical (unpaired) electrons. The summed E-state index contributed by atoms with van der Waals surface area (Å²) in [5.41, 5.74) is -1.10. The van der Waals surface area contributed by atoms with Crippen molar-refractivity contribution in [1.82, 2.24) is 20.4 Å². The Morgan fingerprint density at radius 1 is 0.518 bits per heavy atom. The molecule has 324 valence electrons. The van der Waals surface area contributed by atoms with Crippen molar-refractivity contribution in [3.05, 3.63) is 12.2 Å². The van der Waals surface area contributed by atoms with Crippen LogP contribution in [0, 0.1) is 0 Å². The third kappa shape index (κ3) is 29.8. The molecule has 0 spiro atoms. The lowest BCUT2D eigenvalue weighted by Gasteiger charge is -2.24. The Bertz CT molecular complexity index is 1070. The maximum absolute atomic E-state index is 13.0. The number of hydrogen-bond acceptors (Lipinski definition) is 15. The number of alkyl carbamates (subject to hydrolysis) is 2. The molecule has 1 aliphatic heterocycles. The zero-order chi connectivity index (χ0) is 41.5. The summed E-state index contributed by atoms with van der Waals surface area (Å²) in [5.74, 6) is -1.11. The highest BCUT2D eigenvalue weighted by molar-refractivity contribution is 6.13. The second-order valence-corrected chi connectivity index (χ2v) is 14.0. The van der Waals surface area contributed by atoms with Crippen LogP contribution >= 0.6 is 0 Å². The molecule has 1 heterocycles. The predicted octanol–water partition coefficient (Wildman–Crippen LogP) is 1.31. The molecule has 0 aromatic rings. The molecule has 0 unspecified atom stereocenters. The van der Waals surface area contributed by atoms with Crippen LogP contribution in [0.15, 0.2) is 12.2 Å². The van der Waals surface area contributed by atoms with Gasteiger partial charge < -0.3 is 62.9 Å². The monoisotopic (exact) mass is 806 g/mol. The molecular formula is C37H66N4O15. The summed E-state index contributed by atoms with van der Waals surface area (Å²) < 4.78 is 54.4. The standard InChI is InChI=1S/C37H66N4O15/c1-36(2,3)55-34(45)38-10-15-47-19-23-51-27-29-53-25-21-49-17-13-40(31(42)9-12-41-32(43)7-8-33(41)44)14-18-50-22-26-54-30-28-52-24-20-48-16-11-39-35(46)56-37(4,5)6/h7-8H,9-30H2,1-6H3,(H,38,45)(H,39,46).